The van der Waals surface area contributed by atoms with Gasteiger partial charge < -0.3 is 0 Å². The van der Waals surface area contributed by atoms with Gasteiger partial charge in [-0.1, -0.05) is 11.6 Å². The number of aromatic nitrogens is 1. The summed E-state index contributed by atoms with van der Waals surface area (Å²) in [5, 5.41) is 8.38. The van der Waals surface area contributed by atoms with Crippen LogP contribution < -0.4 is 0 Å². The van der Waals surface area contributed by atoms with Crippen LogP contribution in [0.2, 0.25) is 5.02 Å². The van der Waals surface area contributed by atoms with Crippen molar-refractivity contribution in [3.8, 4) is 6.07 Å². The van der Waals surface area contributed by atoms with Gasteiger partial charge in [-0.3, -0.25) is 4.98 Å². The maximum atomic E-state index is 12.3. The van der Waals surface area contributed by atoms with Gasteiger partial charge in [-0.15, -0.1) is 11.6 Å². The zero-order valence-electron chi connectivity index (χ0n) is 6.77. The van der Waals surface area contributed by atoms with Crippen molar-refractivity contribution in [3.63, 3.8) is 0 Å². The molecule has 0 amide bonds. The van der Waals surface area contributed by atoms with Gasteiger partial charge in [0, 0.05) is 11.8 Å². The van der Waals surface area contributed by atoms with E-state index in [0.717, 1.165) is 6.20 Å². The minimum absolute atomic E-state index is 0.0933. The number of alkyl halides is 3. The second kappa shape index (κ2) is 4.54. The Hall–Kier alpha value is -0.920. The molecule has 1 aromatic heterocycles. The summed E-state index contributed by atoms with van der Waals surface area (Å²) in [7, 11) is 0. The van der Waals surface area contributed by atoms with Crippen LogP contribution >= 0.6 is 23.2 Å². The lowest BCUT2D eigenvalue weighted by Gasteiger charge is -2.06. The third-order valence-electron chi connectivity index (χ3n) is 1.61. The van der Waals surface area contributed by atoms with Crippen LogP contribution in [-0.2, 0) is 5.88 Å². The second-order valence-electron chi connectivity index (χ2n) is 2.40. The van der Waals surface area contributed by atoms with E-state index < -0.39 is 12.1 Å². The highest BCUT2D eigenvalue weighted by atomic mass is 35.5. The molecule has 0 aliphatic heterocycles. The predicted octanol–water partition coefficient (Wildman–Crippen LogP) is 3.28. The van der Waals surface area contributed by atoms with Gasteiger partial charge in [0.05, 0.1) is 16.5 Å². The first kappa shape index (κ1) is 11.2. The molecule has 2 nitrogen and oxygen atoms in total. The molecular formula is C8H4Cl2F2N2. The smallest absolute Gasteiger partial charge is 0.252 e. The average molecular weight is 237 g/mol. The molecule has 0 unspecified atom stereocenters. The van der Waals surface area contributed by atoms with Crippen LogP contribution in [0.25, 0.3) is 0 Å². The summed E-state index contributed by atoms with van der Waals surface area (Å²) in [5.74, 6) is -0.0933. The number of nitrogens with zero attached hydrogens (tertiary/aromatic N) is 2. The van der Waals surface area contributed by atoms with E-state index in [1.165, 1.54) is 0 Å². The fourth-order valence-corrected chi connectivity index (χ4v) is 1.57. The topological polar surface area (TPSA) is 36.7 Å². The van der Waals surface area contributed by atoms with Crippen molar-refractivity contribution in [1.29, 1.82) is 5.26 Å². The van der Waals surface area contributed by atoms with Crippen molar-refractivity contribution in [3.05, 3.63) is 28.0 Å². The predicted molar refractivity (Wildman–Crippen MR) is 48.5 cm³/mol. The maximum Gasteiger partial charge on any atom is 0.281 e. The quantitative estimate of drug-likeness (QED) is 0.740. The van der Waals surface area contributed by atoms with E-state index in [2.05, 4.69) is 4.98 Å². The number of rotatable bonds is 2. The van der Waals surface area contributed by atoms with E-state index in [0.29, 0.717) is 0 Å². The summed E-state index contributed by atoms with van der Waals surface area (Å²) in [6.07, 6.45) is -1.72. The van der Waals surface area contributed by atoms with Gasteiger partial charge in [0.25, 0.3) is 6.43 Å². The lowest BCUT2D eigenvalue weighted by molar-refractivity contribution is 0.146. The van der Waals surface area contributed by atoms with Gasteiger partial charge in [-0.2, -0.15) is 5.26 Å². The molecule has 0 N–H and O–H groups in total. The minimum atomic E-state index is -2.77. The molecule has 0 aliphatic rings. The lowest BCUT2D eigenvalue weighted by atomic mass is 10.1. The Balaban J connectivity index is 3.37. The maximum absolute atomic E-state index is 12.3. The van der Waals surface area contributed by atoms with Crippen LogP contribution in [0.4, 0.5) is 8.78 Å². The molecule has 74 valence electrons. The van der Waals surface area contributed by atoms with Gasteiger partial charge in [0.15, 0.2) is 0 Å². The Bertz CT molecular complexity index is 388. The molecule has 0 saturated heterocycles. The van der Waals surface area contributed by atoms with E-state index in [4.69, 9.17) is 28.5 Å². The number of hydrogen-bond acceptors (Lipinski definition) is 2. The minimum Gasteiger partial charge on any atom is -0.252 e. The van der Waals surface area contributed by atoms with Gasteiger partial charge in [0.1, 0.15) is 11.8 Å². The molecule has 0 atom stereocenters. The standard InChI is InChI=1S/C8H4Cl2F2N2/c9-1-5-4(2-13)3-14-7(6(5)10)8(11)12/h3,8H,1H2. The Morgan fingerprint density at radius 1 is 1.57 bits per heavy atom. The molecule has 0 aromatic carbocycles. The molecular weight excluding hydrogens is 233 g/mol. The van der Waals surface area contributed by atoms with Crippen molar-refractivity contribution >= 4 is 23.2 Å². The fourth-order valence-electron chi connectivity index (χ4n) is 0.921. The Labute approximate surface area is 89.1 Å². The fraction of sp³-hybridized carbons (Fsp3) is 0.250. The molecule has 0 radical (unpaired) electrons. The third kappa shape index (κ3) is 1.94. The van der Waals surface area contributed by atoms with Crippen molar-refractivity contribution in [2.45, 2.75) is 12.3 Å². The van der Waals surface area contributed by atoms with E-state index in [1.807, 2.05) is 0 Å². The first-order valence-corrected chi connectivity index (χ1v) is 4.44. The van der Waals surface area contributed by atoms with Gasteiger partial charge >= 0.3 is 0 Å². The highest BCUT2D eigenvalue weighted by molar-refractivity contribution is 6.33. The zero-order valence-corrected chi connectivity index (χ0v) is 8.28. The number of halogens is 4. The second-order valence-corrected chi connectivity index (χ2v) is 3.04. The molecule has 0 fully saturated rings. The van der Waals surface area contributed by atoms with Crippen molar-refractivity contribution < 1.29 is 8.78 Å². The lowest BCUT2D eigenvalue weighted by Crippen LogP contribution is -1.98. The monoisotopic (exact) mass is 236 g/mol. The summed E-state index contributed by atoms with van der Waals surface area (Å²) in [6.45, 7) is 0. The van der Waals surface area contributed by atoms with E-state index in [-0.39, 0.29) is 22.0 Å². The molecule has 0 bridgehead atoms. The van der Waals surface area contributed by atoms with Crippen molar-refractivity contribution in [2.24, 2.45) is 0 Å². The summed E-state index contributed by atoms with van der Waals surface area (Å²) in [6, 6.07) is 1.78. The zero-order chi connectivity index (χ0) is 10.7. The first-order chi connectivity index (χ1) is 6.61. The number of nitriles is 1. The van der Waals surface area contributed by atoms with Crippen LogP contribution in [-0.4, -0.2) is 4.98 Å². The molecule has 14 heavy (non-hydrogen) atoms. The molecule has 1 aromatic rings. The molecule has 0 saturated carbocycles. The molecule has 1 rings (SSSR count). The SMILES string of the molecule is N#Cc1cnc(C(F)F)c(Cl)c1CCl. The number of pyridine rings is 1. The Morgan fingerprint density at radius 3 is 2.64 bits per heavy atom. The largest absolute Gasteiger partial charge is 0.281 e. The average Bonchev–Trinajstić information content (AvgIpc) is 2.16. The van der Waals surface area contributed by atoms with E-state index >= 15 is 0 Å². The van der Waals surface area contributed by atoms with Crippen LogP contribution in [0.15, 0.2) is 6.20 Å². The van der Waals surface area contributed by atoms with Gasteiger partial charge in [0.2, 0.25) is 0 Å². The highest BCUT2D eigenvalue weighted by Crippen LogP contribution is 2.30. The summed E-state index contributed by atoms with van der Waals surface area (Å²) in [4.78, 5) is 3.39. The van der Waals surface area contributed by atoms with Crippen molar-refractivity contribution in [1.82, 2.24) is 4.98 Å². The first-order valence-electron chi connectivity index (χ1n) is 3.53. The van der Waals surface area contributed by atoms with Crippen molar-refractivity contribution in [2.75, 3.05) is 0 Å². The van der Waals surface area contributed by atoms with Gasteiger partial charge in [-0.25, -0.2) is 8.78 Å². The molecule has 0 aliphatic carbocycles. The van der Waals surface area contributed by atoms with Gasteiger partial charge in [-0.05, 0) is 0 Å². The summed E-state index contributed by atoms with van der Waals surface area (Å²) in [5.41, 5.74) is -0.225. The summed E-state index contributed by atoms with van der Waals surface area (Å²) < 4.78 is 24.6. The van der Waals surface area contributed by atoms with E-state index in [1.54, 1.807) is 6.07 Å². The van der Waals surface area contributed by atoms with Crippen LogP contribution in [0.1, 0.15) is 23.2 Å². The van der Waals surface area contributed by atoms with Crippen LogP contribution in [0.3, 0.4) is 0 Å². The Kier molecular flexibility index (Phi) is 3.62. The molecule has 0 spiro atoms. The van der Waals surface area contributed by atoms with Crippen LogP contribution in [0.5, 0.6) is 0 Å². The third-order valence-corrected chi connectivity index (χ3v) is 2.30. The summed E-state index contributed by atoms with van der Waals surface area (Å²) >= 11 is 11.1. The number of hydrogen-bond donors (Lipinski definition) is 0. The molecule has 6 heteroatoms. The normalized spacial score (nSPS) is 10.3. The highest BCUT2D eigenvalue weighted by Gasteiger charge is 2.18. The van der Waals surface area contributed by atoms with E-state index in [9.17, 15) is 8.78 Å². The molecule has 1 heterocycles. The van der Waals surface area contributed by atoms with Crippen LogP contribution in [0, 0.1) is 11.3 Å². The Morgan fingerprint density at radius 2 is 2.21 bits per heavy atom.